The van der Waals surface area contributed by atoms with Crippen LogP contribution in [0.1, 0.15) is 24.5 Å². The largest absolute Gasteiger partial charge is 0.504 e. The number of fused-ring (bicyclic) bond motifs is 1. The predicted octanol–water partition coefficient (Wildman–Crippen LogP) is 1.78. The van der Waals surface area contributed by atoms with E-state index in [9.17, 15) is 15.3 Å². The molecule has 1 aliphatic rings. The molecule has 0 aliphatic heterocycles. The molecule has 6 nitrogen and oxygen atoms in total. The molecule has 88 valence electrons. The third kappa shape index (κ3) is 1.57. The molecule has 1 saturated carbocycles. The van der Waals surface area contributed by atoms with Crippen LogP contribution in [0, 0.1) is 0 Å². The van der Waals surface area contributed by atoms with Gasteiger partial charge in [0.15, 0.2) is 11.3 Å². The molecule has 7 heteroatoms. The lowest BCUT2D eigenvalue weighted by Crippen LogP contribution is -1.95. The van der Waals surface area contributed by atoms with E-state index in [0.29, 0.717) is 16.1 Å². The van der Waals surface area contributed by atoms with E-state index in [1.54, 1.807) is 0 Å². The highest BCUT2D eigenvalue weighted by Crippen LogP contribution is 2.46. The third-order valence-corrected chi connectivity index (χ3v) is 3.49. The number of hydrogen-bond donors (Lipinski definition) is 3. The maximum absolute atomic E-state index is 9.97. The van der Waals surface area contributed by atoms with Gasteiger partial charge in [-0.1, -0.05) is 0 Å². The number of halogens is 1. The molecule has 0 spiro atoms. The van der Waals surface area contributed by atoms with Crippen LogP contribution >= 0.6 is 15.9 Å². The fourth-order valence-corrected chi connectivity index (χ4v) is 2.32. The molecule has 17 heavy (non-hydrogen) atoms. The Hall–Kier alpha value is -1.63. The number of rotatable bonds is 1. The lowest BCUT2D eigenvalue weighted by atomic mass is 10.2. The van der Waals surface area contributed by atoms with Crippen molar-refractivity contribution in [2.24, 2.45) is 0 Å². The van der Waals surface area contributed by atoms with Gasteiger partial charge in [-0.15, -0.1) is 0 Å². The first kappa shape index (κ1) is 10.5. The maximum atomic E-state index is 9.97. The second-order valence-electron chi connectivity index (χ2n) is 3.98. The molecule has 1 aliphatic carbocycles. The van der Waals surface area contributed by atoms with Gasteiger partial charge >= 0.3 is 6.01 Å². The van der Waals surface area contributed by atoms with Crippen molar-refractivity contribution in [1.29, 1.82) is 0 Å². The topological polar surface area (TPSA) is 99.4 Å². The van der Waals surface area contributed by atoms with Crippen LogP contribution in [0.2, 0.25) is 0 Å². The summed E-state index contributed by atoms with van der Waals surface area (Å²) in [7, 11) is 0. The number of aromatic nitrogens is 3. The van der Waals surface area contributed by atoms with Crippen LogP contribution in [-0.4, -0.2) is 30.3 Å². The normalized spacial score (nSPS) is 15.4. The fourth-order valence-electron chi connectivity index (χ4n) is 1.72. The first-order chi connectivity index (χ1) is 8.08. The highest BCUT2D eigenvalue weighted by molar-refractivity contribution is 9.10. The third-order valence-electron chi connectivity index (χ3n) is 2.71. The van der Waals surface area contributed by atoms with Crippen molar-refractivity contribution in [3.63, 3.8) is 0 Å². The second-order valence-corrected chi connectivity index (χ2v) is 4.77. The van der Waals surface area contributed by atoms with Gasteiger partial charge in [0.2, 0.25) is 5.88 Å². The summed E-state index contributed by atoms with van der Waals surface area (Å²) >= 11 is 3.25. The molecule has 0 unspecified atom stereocenters. The Labute approximate surface area is 104 Å². The summed E-state index contributed by atoms with van der Waals surface area (Å²) in [5.74, 6) is -0.269. The van der Waals surface area contributed by atoms with E-state index in [0.717, 1.165) is 12.8 Å². The van der Waals surface area contributed by atoms with Gasteiger partial charge in [0.25, 0.3) is 0 Å². The molecule has 3 N–H and O–H groups in total. The van der Waals surface area contributed by atoms with Crippen LogP contribution in [0.4, 0.5) is 0 Å². The van der Waals surface area contributed by atoms with Gasteiger partial charge in [0.05, 0.1) is 10.2 Å². The highest BCUT2D eigenvalue weighted by atomic mass is 79.9. The summed E-state index contributed by atoms with van der Waals surface area (Å²) < 4.78 is 0.463. The smallest absolute Gasteiger partial charge is 0.318 e. The van der Waals surface area contributed by atoms with Gasteiger partial charge in [-0.3, -0.25) is 0 Å². The Morgan fingerprint density at radius 1 is 1.00 bits per heavy atom. The molecule has 1 fully saturated rings. The SMILES string of the molecule is Oc1nc(O)c2nc(C3CC3)c(Br)c(O)c2n1. The van der Waals surface area contributed by atoms with Gasteiger partial charge in [0, 0.05) is 5.92 Å². The van der Waals surface area contributed by atoms with Gasteiger partial charge < -0.3 is 15.3 Å². The van der Waals surface area contributed by atoms with Crippen LogP contribution < -0.4 is 0 Å². The molecule has 0 saturated heterocycles. The second kappa shape index (κ2) is 3.43. The summed E-state index contributed by atoms with van der Waals surface area (Å²) in [4.78, 5) is 11.3. The van der Waals surface area contributed by atoms with Gasteiger partial charge in [0.1, 0.15) is 5.52 Å². The summed E-state index contributed by atoms with van der Waals surface area (Å²) in [6.07, 6.45) is 2.02. The molecule has 0 bridgehead atoms. The van der Waals surface area contributed by atoms with Crippen LogP contribution in [0.15, 0.2) is 4.47 Å². The summed E-state index contributed by atoms with van der Waals surface area (Å²) in [5.41, 5.74) is 0.830. The van der Waals surface area contributed by atoms with Crippen molar-refractivity contribution in [3.8, 4) is 17.6 Å². The van der Waals surface area contributed by atoms with Crippen molar-refractivity contribution >= 4 is 27.0 Å². The molecule has 2 aromatic heterocycles. The molecule has 0 atom stereocenters. The van der Waals surface area contributed by atoms with Gasteiger partial charge in [-0.25, -0.2) is 4.98 Å². The minimum Gasteiger partial charge on any atom is -0.504 e. The van der Waals surface area contributed by atoms with Crippen molar-refractivity contribution < 1.29 is 15.3 Å². The zero-order valence-corrected chi connectivity index (χ0v) is 10.1. The van der Waals surface area contributed by atoms with Crippen molar-refractivity contribution in [2.75, 3.05) is 0 Å². The first-order valence-corrected chi connectivity index (χ1v) is 5.85. The van der Waals surface area contributed by atoms with E-state index in [4.69, 9.17) is 0 Å². The van der Waals surface area contributed by atoms with Gasteiger partial charge in [-0.05, 0) is 28.8 Å². The fraction of sp³-hybridized carbons (Fsp3) is 0.300. The Kier molecular flexibility index (Phi) is 2.12. The van der Waals surface area contributed by atoms with Crippen LogP contribution in [0.5, 0.6) is 17.6 Å². The minimum absolute atomic E-state index is 0.0336. The van der Waals surface area contributed by atoms with Crippen molar-refractivity contribution in [1.82, 2.24) is 15.0 Å². The first-order valence-electron chi connectivity index (χ1n) is 5.06. The van der Waals surface area contributed by atoms with Gasteiger partial charge in [-0.2, -0.15) is 9.97 Å². The van der Waals surface area contributed by atoms with E-state index in [1.165, 1.54) is 0 Å². The van der Waals surface area contributed by atoms with Crippen LogP contribution in [0.25, 0.3) is 11.0 Å². The van der Waals surface area contributed by atoms with E-state index >= 15 is 0 Å². The monoisotopic (exact) mass is 297 g/mol. The summed E-state index contributed by atoms with van der Waals surface area (Å²) in [5, 5.41) is 28.7. The number of hydrogen-bond acceptors (Lipinski definition) is 6. The molecule has 3 rings (SSSR count). The van der Waals surface area contributed by atoms with E-state index in [2.05, 4.69) is 30.9 Å². The van der Waals surface area contributed by atoms with Crippen molar-refractivity contribution in [2.45, 2.75) is 18.8 Å². The number of nitrogens with zero attached hydrogens (tertiary/aromatic N) is 3. The van der Waals surface area contributed by atoms with Crippen LogP contribution in [0.3, 0.4) is 0 Å². The summed E-state index contributed by atoms with van der Waals surface area (Å²) in [6.45, 7) is 0. The lowest BCUT2D eigenvalue weighted by molar-refractivity contribution is 0.400. The molecular formula is C10H8BrN3O3. The van der Waals surface area contributed by atoms with Crippen LogP contribution in [-0.2, 0) is 0 Å². The Morgan fingerprint density at radius 2 is 1.71 bits per heavy atom. The molecule has 2 aromatic rings. The predicted molar refractivity (Wildman–Crippen MR) is 62.0 cm³/mol. The minimum atomic E-state index is -0.599. The molecule has 2 heterocycles. The standard InChI is InChI=1S/C10H8BrN3O3/c11-4-5(3-1-2-3)12-7-6(8(4)15)13-10(17)14-9(7)16/h3H,1-2H2,(H,12,15)(H2,13,14,16,17). The zero-order valence-electron chi connectivity index (χ0n) is 8.55. The Bertz CT molecular complexity index is 628. The summed E-state index contributed by atoms with van der Waals surface area (Å²) in [6, 6.07) is -0.599. The molecule has 0 aromatic carbocycles. The molecular weight excluding hydrogens is 290 g/mol. The lowest BCUT2D eigenvalue weighted by Gasteiger charge is -2.08. The van der Waals surface area contributed by atoms with E-state index < -0.39 is 11.9 Å². The van der Waals surface area contributed by atoms with Crippen molar-refractivity contribution in [3.05, 3.63) is 10.2 Å². The Balaban J connectivity index is 2.39. The average Bonchev–Trinajstić information content (AvgIpc) is 3.08. The molecule has 0 radical (unpaired) electrons. The van der Waals surface area contributed by atoms with E-state index in [1.807, 2.05) is 0 Å². The number of aromatic hydroxyl groups is 3. The highest BCUT2D eigenvalue weighted by Gasteiger charge is 2.30. The quantitative estimate of drug-likeness (QED) is 0.742. The average molecular weight is 298 g/mol. The molecule has 0 amide bonds. The van der Waals surface area contributed by atoms with E-state index in [-0.39, 0.29) is 16.8 Å². The maximum Gasteiger partial charge on any atom is 0.318 e. The number of pyridine rings is 1. The Morgan fingerprint density at radius 3 is 2.35 bits per heavy atom. The zero-order chi connectivity index (χ0) is 12.2.